The molecule has 1 unspecified atom stereocenters. The number of ether oxygens (including phenoxy) is 1. The molecular weight excluding hydrogens is 354 g/mol. The predicted octanol–water partition coefficient (Wildman–Crippen LogP) is 4.10. The summed E-state index contributed by atoms with van der Waals surface area (Å²) in [6.07, 6.45) is 3.13. The first-order valence-corrected chi connectivity index (χ1v) is 9.89. The number of aryl methyl sites for hydroxylation is 1. The van der Waals surface area contributed by atoms with Crippen molar-refractivity contribution in [2.75, 3.05) is 19.7 Å². The number of benzene rings is 2. The van der Waals surface area contributed by atoms with E-state index in [1.807, 2.05) is 36.1 Å². The first-order valence-electron chi connectivity index (χ1n) is 9.89. The molecule has 1 aromatic heterocycles. The Balaban J connectivity index is 1.27. The topological polar surface area (TPSA) is 68.5 Å². The summed E-state index contributed by atoms with van der Waals surface area (Å²) < 4.78 is 11.2. The SMILES string of the molecule is Cc1noc(C2CCCN(C(=O)CCCOc3cccc4ccccc34)C2)n1. The van der Waals surface area contributed by atoms with E-state index in [0.717, 1.165) is 35.9 Å². The van der Waals surface area contributed by atoms with Crippen molar-refractivity contribution < 1.29 is 14.1 Å². The van der Waals surface area contributed by atoms with Gasteiger partial charge < -0.3 is 14.2 Å². The Hall–Kier alpha value is -2.89. The van der Waals surface area contributed by atoms with Crippen molar-refractivity contribution in [1.29, 1.82) is 0 Å². The zero-order valence-corrected chi connectivity index (χ0v) is 16.1. The molecule has 2 aromatic carbocycles. The van der Waals surface area contributed by atoms with Crippen molar-refractivity contribution in [3.63, 3.8) is 0 Å². The maximum atomic E-state index is 12.6. The highest BCUT2D eigenvalue weighted by Gasteiger charge is 2.27. The van der Waals surface area contributed by atoms with Gasteiger partial charge in [-0.05, 0) is 37.6 Å². The molecule has 1 amide bonds. The lowest BCUT2D eigenvalue weighted by Gasteiger charge is -2.31. The quantitative estimate of drug-likeness (QED) is 0.603. The molecule has 0 radical (unpaired) electrons. The number of likely N-dealkylation sites (tertiary alicyclic amines) is 1. The maximum Gasteiger partial charge on any atom is 0.231 e. The van der Waals surface area contributed by atoms with Crippen LogP contribution in [0.5, 0.6) is 5.75 Å². The van der Waals surface area contributed by atoms with E-state index in [0.29, 0.717) is 37.7 Å². The lowest BCUT2D eigenvalue weighted by atomic mass is 9.97. The average Bonchev–Trinajstić information content (AvgIpc) is 3.17. The molecule has 2 heterocycles. The van der Waals surface area contributed by atoms with Gasteiger partial charge in [-0.15, -0.1) is 0 Å². The third-order valence-electron chi connectivity index (χ3n) is 5.21. The number of hydrogen-bond acceptors (Lipinski definition) is 5. The predicted molar refractivity (Wildman–Crippen MR) is 106 cm³/mol. The molecule has 0 aliphatic carbocycles. The fraction of sp³-hybridized carbons (Fsp3) is 0.409. The lowest BCUT2D eigenvalue weighted by Crippen LogP contribution is -2.39. The van der Waals surface area contributed by atoms with Gasteiger partial charge in [0, 0.05) is 24.9 Å². The van der Waals surface area contributed by atoms with Gasteiger partial charge in [0.05, 0.1) is 12.5 Å². The van der Waals surface area contributed by atoms with Crippen molar-refractivity contribution in [3.8, 4) is 5.75 Å². The number of rotatable bonds is 6. The second-order valence-corrected chi connectivity index (χ2v) is 7.29. The van der Waals surface area contributed by atoms with E-state index in [2.05, 4.69) is 28.3 Å². The highest BCUT2D eigenvalue weighted by Crippen LogP contribution is 2.27. The summed E-state index contributed by atoms with van der Waals surface area (Å²) in [7, 11) is 0. The largest absolute Gasteiger partial charge is 0.493 e. The summed E-state index contributed by atoms with van der Waals surface area (Å²) in [6.45, 7) is 3.80. The smallest absolute Gasteiger partial charge is 0.231 e. The molecule has 0 spiro atoms. The first kappa shape index (κ1) is 18.5. The van der Waals surface area contributed by atoms with E-state index in [9.17, 15) is 4.79 Å². The van der Waals surface area contributed by atoms with Crippen LogP contribution < -0.4 is 4.74 Å². The molecule has 0 saturated carbocycles. The Morgan fingerprint density at radius 1 is 1.25 bits per heavy atom. The molecule has 6 heteroatoms. The fourth-order valence-corrected chi connectivity index (χ4v) is 3.77. The molecule has 4 rings (SSSR count). The number of carbonyl (C=O) groups is 1. The van der Waals surface area contributed by atoms with Crippen LogP contribution in [-0.4, -0.2) is 40.6 Å². The Morgan fingerprint density at radius 3 is 2.96 bits per heavy atom. The first-order chi connectivity index (χ1) is 13.7. The molecule has 146 valence electrons. The van der Waals surface area contributed by atoms with Gasteiger partial charge >= 0.3 is 0 Å². The third kappa shape index (κ3) is 4.16. The highest BCUT2D eigenvalue weighted by atomic mass is 16.5. The van der Waals surface area contributed by atoms with Crippen molar-refractivity contribution in [1.82, 2.24) is 15.0 Å². The minimum Gasteiger partial charge on any atom is -0.493 e. The molecule has 6 nitrogen and oxygen atoms in total. The molecular formula is C22H25N3O3. The molecule has 0 bridgehead atoms. The third-order valence-corrected chi connectivity index (χ3v) is 5.21. The van der Waals surface area contributed by atoms with Gasteiger partial charge in [-0.1, -0.05) is 41.6 Å². The van der Waals surface area contributed by atoms with Crippen LogP contribution in [0.1, 0.15) is 43.3 Å². The van der Waals surface area contributed by atoms with Crippen LogP contribution >= 0.6 is 0 Å². The van der Waals surface area contributed by atoms with Crippen LogP contribution in [0, 0.1) is 6.92 Å². The molecule has 1 fully saturated rings. The Bertz CT molecular complexity index is 948. The Labute approximate surface area is 164 Å². The highest BCUT2D eigenvalue weighted by molar-refractivity contribution is 5.88. The number of piperidine rings is 1. The number of nitrogens with zero attached hydrogens (tertiary/aromatic N) is 3. The summed E-state index contributed by atoms with van der Waals surface area (Å²) in [4.78, 5) is 18.9. The summed E-state index contributed by atoms with van der Waals surface area (Å²) in [5, 5.41) is 6.13. The van der Waals surface area contributed by atoms with Crippen LogP contribution in [0.2, 0.25) is 0 Å². The van der Waals surface area contributed by atoms with E-state index in [4.69, 9.17) is 9.26 Å². The van der Waals surface area contributed by atoms with Crippen LogP contribution in [0.25, 0.3) is 10.8 Å². The number of aromatic nitrogens is 2. The van der Waals surface area contributed by atoms with Crippen molar-refractivity contribution in [3.05, 3.63) is 54.2 Å². The Morgan fingerprint density at radius 2 is 2.11 bits per heavy atom. The van der Waals surface area contributed by atoms with Gasteiger partial charge in [0.1, 0.15) is 5.75 Å². The van der Waals surface area contributed by atoms with Gasteiger partial charge in [0.25, 0.3) is 0 Å². The second kappa shape index (κ2) is 8.42. The zero-order chi connectivity index (χ0) is 19.3. The van der Waals surface area contributed by atoms with Gasteiger partial charge in [-0.25, -0.2) is 0 Å². The maximum absolute atomic E-state index is 12.6. The fourth-order valence-electron chi connectivity index (χ4n) is 3.77. The zero-order valence-electron chi connectivity index (χ0n) is 16.1. The van der Waals surface area contributed by atoms with Gasteiger partial charge in [-0.3, -0.25) is 4.79 Å². The van der Waals surface area contributed by atoms with Crippen LogP contribution in [0.4, 0.5) is 0 Å². The van der Waals surface area contributed by atoms with Gasteiger partial charge in [0.15, 0.2) is 5.82 Å². The van der Waals surface area contributed by atoms with Crippen LogP contribution in [0.15, 0.2) is 47.0 Å². The molecule has 1 saturated heterocycles. The van der Waals surface area contributed by atoms with E-state index < -0.39 is 0 Å². The lowest BCUT2D eigenvalue weighted by molar-refractivity contribution is -0.132. The average molecular weight is 379 g/mol. The van der Waals surface area contributed by atoms with Crippen LogP contribution in [0.3, 0.4) is 0 Å². The summed E-state index contributed by atoms with van der Waals surface area (Å²) in [5.74, 6) is 2.47. The second-order valence-electron chi connectivity index (χ2n) is 7.29. The van der Waals surface area contributed by atoms with Crippen molar-refractivity contribution >= 4 is 16.7 Å². The summed E-state index contributed by atoms with van der Waals surface area (Å²) >= 11 is 0. The Kier molecular flexibility index (Phi) is 5.55. The van der Waals surface area contributed by atoms with Gasteiger partial charge in [0.2, 0.25) is 11.8 Å². The van der Waals surface area contributed by atoms with Crippen LogP contribution in [-0.2, 0) is 4.79 Å². The molecule has 1 atom stereocenters. The van der Waals surface area contributed by atoms with E-state index >= 15 is 0 Å². The van der Waals surface area contributed by atoms with Gasteiger partial charge in [-0.2, -0.15) is 4.98 Å². The number of fused-ring (bicyclic) bond motifs is 1. The van der Waals surface area contributed by atoms with Crippen molar-refractivity contribution in [2.24, 2.45) is 0 Å². The summed E-state index contributed by atoms with van der Waals surface area (Å²) in [5.41, 5.74) is 0. The van der Waals surface area contributed by atoms with Crippen molar-refractivity contribution in [2.45, 2.75) is 38.5 Å². The monoisotopic (exact) mass is 379 g/mol. The summed E-state index contributed by atoms with van der Waals surface area (Å²) in [6, 6.07) is 14.2. The minimum absolute atomic E-state index is 0.144. The number of carbonyl (C=O) groups excluding carboxylic acids is 1. The van der Waals surface area contributed by atoms with E-state index in [1.165, 1.54) is 0 Å². The molecule has 1 aliphatic heterocycles. The normalized spacial score (nSPS) is 17.0. The van der Waals surface area contributed by atoms with E-state index in [-0.39, 0.29) is 11.8 Å². The standard InChI is InChI=1S/C22H25N3O3/c1-16-23-22(28-24-16)18-9-5-13-25(15-18)21(26)12-6-14-27-20-11-4-8-17-7-2-3-10-19(17)20/h2-4,7-8,10-11,18H,5-6,9,12-15H2,1H3. The molecule has 28 heavy (non-hydrogen) atoms. The van der Waals surface area contributed by atoms with E-state index in [1.54, 1.807) is 0 Å². The molecule has 1 aliphatic rings. The number of amides is 1. The minimum atomic E-state index is 0.144. The molecule has 3 aromatic rings. The molecule has 0 N–H and O–H groups in total. The number of hydrogen-bond donors (Lipinski definition) is 0.